The summed E-state index contributed by atoms with van der Waals surface area (Å²) < 4.78 is 5.27. The second-order valence-electron chi connectivity index (χ2n) is 8.48. The zero-order valence-corrected chi connectivity index (χ0v) is 20.1. The second kappa shape index (κ2) is 10.4. The molecule has 0 saturated carbocycles. The standard InChI is InChI=1S/C28H27N3O5/c1-3-28(21-14-8-5-9-15-21)26(34)31(27(35)30-28)18-24(32)36-19(2)25(33)29-23-17-11-10-16-22(23)20-12-6-4-7-13-20/h4-17,19H,3,18H2,1-2H3,(H,29,33)(H,30,35). The van der Waals surface area contributed by atoms with Gasteiger partial charge in [-0.2, -0.15) is 0 Å². The molecule has 0 bridgehead atoms. The molecule has 3 aromatic carbocycles. The van der Waals surface area contributed by atoms with Crippen LogP contribution in [0.25, 0.3) is 11.1 Å². The summed E-state index contributed by atoms with van der Waals surface area (Å²) in [4.78, 5) is 52.0. The fourth-order valence-corrected chi connectivity index (χ4v) is 4.24. The van der Waals surface area contributed by atoms with Crippen molar-refractivity contribution in [3.8, 4) is 11.1 Å². The number of imide groups is 1. The Morgan fingerprint density at radius 3 is 2.22 bits per heavy atom. The molecule has 2 N–H and O–H groups in total. The molecule has 2 unspecified atom stereocenters. The number of nitrogens with one attached hydrogen (secondary N) is 2. The van der Waals surface area contributed by atoms with Gasteiger partial charge in [-0.25, -0.2) is 4.79 Å². The van der Waals surface area contributed by atoms with E-state index in [1.807, 2.05) is 48.5 Å². The Labute approximate surface area is 209 Å². The normalized spacial score (nSPS) is 17.9. The molecule has 1 aliphatic rings. The number of urea groups is 1. The molecule has 1 heterocycles. The van der Waals surface area contributed by atoms with Crippen LogP contribution in [0.15, 0.2) is 84.9 Å². The van der Waals surface area contributed by atoms with Crippen LogP contribution in [0.3, 0.4) is 0 Å². The molecule has 3 aromatic rings. The number of amides is 4. The van der Waals surface area contributed by atoms with Crippen molar-refractivity contribution in [2.75, 3.05) is 11.9 Å². The number of carbonyl (C=O) groups excluding carboxylic acids is 4. The van der Waals surface area contributed by atoms with Crippen molar-refractivity contribution in [3.63, 3.8) is 0 Å². The molecule has 4 amide bonds. The summed E-state index contributed by atoms with van der Waals surface area (Å²) in [5.74, 6) is -1.93. The molecular formula is C28H27N3O5. The van der Waals surface area contributed by atoms with Crippen LogP contribution < -0.4 is 10.6 Å². The Morgan fingerprint density at radius 2 is 1.56 bits per heavy atom. The topological polar surface area (TPSA) is 105 Å². The first-order chi connectivity index (χ1) is 17.4. The highest BCUT2D eigenvalue weighted by atomic mass is 16.5. The zero-order valence-electron chi connectivity index (χ0n) is 20.1. The number of nitrogens with zero attached hydrogens (tertiary/aromatic N) is 1. The summed E-state index contributed by atoms with van der Waals surface area (Å²) in [6.45, 7) is 2.62. The lowest BCUT2D eigenvalue weighted by Gasteiger charge is -2.25. The lowest BCUT2D eigenvalue weighted by Crippen LogP contribution is -2.44. The summed E-state index contributed by atoms with van der Waals surface area (Å²) in [7, 11) is 0. The summed E-state index contributed by atoms with van der Waals surface area (Å²) in [5.41, 5.74) is 1.70. The first kappa shape index (κ1) is 24.7. The molecule has 1 fully saturated rings. The van der Waals surface area contributed by atoms with Crippen LogP contribution in [0, 0.1) is 0 Å². The number of anilines is 1. The van der Waals surface area contributed by atoms with E-state index >= 15 is 0 Å². The lowest BCUT2D eigenvalue weighted by atomic mass is 9.87. The minimum atomic E-state index is -1.25. The third-order valence-electron chi connectivity index (χ3n) is 6.21. The molecule has 4 rings (SSSR count). The lowest BCUT2D eigenvalue weighted by molar-refractivity contribution is -0.155. The van der Waals surface area contributed by atoms with E-state index in [2.05, 4.69) is 10.6 Å². The average Bonchev–Trinajstić information content (AvgIpc) is 3.15. The molecule has 8 nitrogen and oxygen atoms in total. The van der Waals surface area contributed by atoms with Crippen LogP contribution >= 0.6 is 0 Å². The summed E-state index contributed by atoms with van der Waals surface area (Å²) in [6.07, 6.45) is -0.834. The largest absolute Gasteiger partial charge is 0.451 e. The second-order valence-corrected chi connectivity index (χ2v) is 8.48. The quantitative estimate of drug-likeness (QED) is 0.370. The van der Waals surface area contributed by atoms with Crippen LogP contribution in [0.1, 0.15) is 25.8 Å². The molecule has 8 heteroatoms. The maximum absolute atomic E-state index is 13.2. The number of para-hydroxylation sites is 1. The smallest absolute Gasteiger partial charge is 0.327 e. The number of hydrogen-bond acceptors (Lipinski definition) is 5. The number of rotatable bonds is 8. The van der Waals surface area contributed by atoms with Gasteiger partial charge in [0.25, 0.3) is 11.8 Å². The Kier molecular flexibility index (Phi) is 7.15. The van der Waals surface area contributed by atoms with E-state index in [0.717, 1.165) is 16.0 Å². The molecule has 0 aromatic heterocycles. The van der Waals surface area contributed by atoms with Crippen molar-refractivity contribution in [1.29, 1.82) is 0 Å². The van der Waals surface area contributed by atoms with Crippen LogP contribution in [0.5, 0.6) is 0 Å². The Morgan fingerprint density at radius 1 is 0.944 bits per heavy atom. The third-order valence-corrected chi connectivity index (χ3v) is 6.21. The van der Waals surface area contributed by atoms with Crippen molar-refractivity contribution in [2.24, 2.45) is 0 Å². The van der Waals surface area contributed by atoms with Crippen molar-refractivity contribution in [3.05, 3.63) is 90.5 Å². The van der Waals surface area contributed by atoms with E-state index in [0.29, 0.717) is 17.7 Å². The van der Waals surface area contributed by atoms with Gasteiger partial charge in [-0.1, -0.05) is 85.8 Å². The highest BCUT2D eigenvalue weighted by molar-refractivity contribution is 6.09. The minimum absolute atomic E-state index is 0.312. The van der Waals surface area contributed by atoms with E-state index in [1.165, 1.54) is 6.92 Å². The molecule has 0 aliphatic carbocycles. The first-order valence-corrected chi connectivity index (χ1v) is 11.7. The highest BCUT2D eigenvalue weighted by Gasteiger charge is 2.51. The molecule has 1 saturated heterocycles. The van der Waals surface area contributed by atoms with Gasteiger partial charge in [-0.3, -0.25) is 19.3 Å². The van der Waals surface area contributed by atoms with E-state index in [9.17, 15) is 19.2 Å². The first-order valence-electron chi connectivity index (χ1n) is 11.7. The molecule has 1 aliphatic heterocycles. The Bertz CT molecular complexity index is 1280. The molecule has 2 atom stereocenters. The minimum Gasteiger partial charge on any atom is -0.451 e. The van der Waals surface area contributed by atoms with E-state index < -0.39 is 42.0 Å². The Balaban J connectivity index is 1.41. The van der Waals surface area contributed by atoms with Crippen LogP contribution in [-0.2, 0) is 24.7 Å². The van der Waals surface area contributed by atoms with E-state index in [-0.39, 0.29) is 0 Å². The van der Waals surface area contributed by atoms with E-state index in [4.69, 9.17) is 4.74 Å². The molecule has 36 heavy (non-hydrogen) atoms. The Hall–Kier alpha value is -4.46. The predicted octanol–water partition coefficient (Wildman–Crippen LogP) is 4.08. The van der Waals surface area contributed by atoms with Gasteiger partial charge < -0.3 is 15.4 Å². The number of carbonyl (C=O) groups is 4. The SMILES string of the molecule is CCC1(c2ccccc2)NC(=O)N(CC(=O)OC(C)C(=O)Nc2ccccc2-c2ccccc2)C1=O. The molecular weight excluding hydrogens is 458 g/mol. The van der Waals surface area contributed by atoms with Crippen molar-refractivity contribution in [1.82, 2.24) is 10.2 Å². The zero-order chi connectivity index (χ0) is 25.7. The van der Waals surface area contributed by atoms with Gasteiger partial charge in [-0.15, -0.1) is 0 Å². The van der Waals surface area contributed by atoms with Crippen molar-refractivity contribution < 1.29 is 23.9 Å². The number of benzene rings is 3. The highest BCUT2D eigenvalue weighted by Crippen LogP contribution is 2.32. The van der Waals surface area contributed by atoms with Crippen molar-refractivity contribution >= 4 is 29.5 Å². The van der Waals surface area contributed by atoms with Crippen molar-refractivity contribution in [2.45, 2.75) is 31.9 Å². The van der Waals surface area contributed by atoms with Crippen LogP contribution in [0.4, 0.5) is 10.5 Å². The van der Waals surface area contributed by atoms with Crippen LogP contribution in [0.2, 0.25) is 0 Å². The van der Waals surface area contributed by atoms with E-state index in [1.54, 1.807) is 43.3 Å². The molecule has 184 valence electrons. The van der Waals surface area contributed by atoms with Gasteiger partial charge >= 0.3 is 12.0 Å². The molecule has 0 spiro atoms. The number of esters is 1. The fourth-order valence-electron chi connectivity index (χ4n) is 4.24. The number of ether oxygens (including phenoxy) is 1. The number of hydrogen-bond donors (Lipinski definition) is 2. The fraction of sp³-hybridized carbons (Fsp3) is 0.214. The summed E-state index contributed by atoms with van der Waals surface area (Å²) >= 11 is 0. The average molecular weight is 486 g/mol. The maximum atomic E-state index is 13.2. The van der Waals surface area contributed by atoms with Gasteiger partial charge in [0.05, 0.1) is 0 Å². The van der Waals surface area contributed by atoms with Gasteiger partial charge in [-0.05, 0) is 30.5 Å². The monoisotopic (exact) mass is 485 g/mol. The van der Waals surface area contributed by atoms with Gasteiger partial charge in [0.1, 0.15) is 12.1 Å². The predicted molar refractivity (Wildman–Crippen MR) is 135 cm³/mol. The summed E-state index contributed by atoms with van der Waals surface area (Å²) in [6, 6.07) is 25.1. The maximum Gasteiger partial charge on any atom is 0.327 e. The van der Waals surface area contributed by atoms with Gasteiger partial charge in [0.2, 0.25) is 0 Å². The third kappa shape index (κ3) is 4.84. The van der Waals surface area contributed by atoms with Crippen LogP contribution in [-0.4, -0.2) is 41.4 Å². The molecule has 0 radical (unpaired) electrons. The summed E-state index contributed by atoms with van der Waals surface area (Å²) in [5, 5.41) is 5.51. The van der Waals surface area contributed by atoms with Gasteiger partial charge in [0, 0.05) is 11.3 Å². The van der Waals surface area contributed by atoms with Gasteiger partial charge in [0.15, 0.2) is 6.10 Å².